The first kappa shape index (κ1) is 22.3. The maximum atomic E-state index is 11.8. The monoisotopic (exact) mass is 429 g/mol. The van der Waals surface area contributed by atoms with E-state index in [9.17, 15) is 4.79 Å². The first-order chi connectivity index (χ1) is 15.7. The van der Waals surface area contributed by atoms with E-state index >= 15 is 0 Å². The summed E-state index contributed by atoms with van der Waals surface area (Å²) in [5.74, 6) is -0.286. The first-order valence-electron chi connectivity index (χ1n) is 11.4. The third-order valence-corrected chi connectivity index (χ3v) is 6.06. The van der Waals surface area contributed by atoms with Crippen LogP contribution in [0.3, 0.4) is 0 Å². The summed E-state index contributed by atoms with van der Waals surface area (Å²) in [6.45, 7) is 2.95. The van der Waals surface area contributed by atoms with Crippen LogP contribution in [-0.4, -0.2) is 43.7 Å². The molecule has 32 heavy (non-hydrogen) atoms. The maximum absolute atomic E-state index is 11.8. The van der Waals surface area contributed by atoms with Gasteiger partial charge in [-0.2, -0.15) is 0 Å². The zero-order chi connectivity index (χ0) is 22.2. The van der Waals surface area contributed by atoms with Crippen molar-refractivity contribution in [3.05, 3.63) is 107 Å². The minimum atomic E-state index is -0.286. The van der Waals surface area contributed by atoms with Crippen molar-refractivity contribution in [1.82, 2.24) is 4.90 Å². The molecular formula is C28H31NO3. The number of hydrogen-bond donors (Lipinski definition) is 0. The minimum Gasteiger partial charge on any atom is -0.465 e. The number of carbonyl (C=O) groups excluding carboxylic acids is 1. The zero-order valence-corrected chi connectivity index (χ0v) is 18.7. The van der Waals surface area contributed by atoms with E-state index in [1.54, 1.807) is 6.07 Å². The number of ether oxygens (including phenoxy) is 2. The SMILES string of the molecule is COC(=O)c1cccc(CCN2CCC[C@@H](OC(c3ccccc3)c3ccccc3)C2)c1. The Hall–Kier alpha value is -2.95. The second-order valence-electron chi connectivity index (χ2n) is 8.34. The number of esters is 1. The van der Waals surface area contributed by atoms with Gasteiger partial charge < -0.3 is 14.4 Å². The molecule has 3 aromatic carbocycles. The van der Waals surface area contributed by atoms with Crippen molar-refractivity contribution in [3.8, 4) is 0 Å². The van der Waals surface area contributed by atoms with E-state index in [2.05, 4.69) is 59.5 Å². The number of carbonyl (C=O) groups is 1. The molecule has 0 aliphatic carbocycles. The van der Waals surface area contributed by atoms with Gasteiger partial charge in [-0.1, -0.05) is 72.8 Å². The fraction of sp³-hybridized carbons (Fsp3) is 0.321. The Kier molecular flexibility index (Phi) is 7.70. The lowest BCUT2D eigenvalue weighted by molar-refractivity contribution is -0.0330. The van der Waals surface area contributed by atoms with Crippen molar-refractivity contribution in [1.29, 1.82) is 0 Å². The van der Waals surface area contributed by atoms with Gasteiger partial charge in [-0.3, -0.25) is 0 Å². The summed E-state index contributed by atoms with van der Waals surface area (Å²) in [6.07, 6.45) is 3.24. The maximum Gasteiger partial charge on any atom is 0.337 e. The van der Waals surface area contributed by atoms with Gasteiger partial charge in [0.05, 0.1) is 18.8 Å². The summed E-state index contributed by atoms with van der Waals surface area (Å²) >= 11 is 0. The highest BCUT2D eigenvalue weighted by molar-refractivity contribution is 5.89. The van der Waals surface area contributed by atoms with Crippen molar-refractivity contribution in [3.63, 3.8) is 0 Å². The largest absolute Gasteiger partial charge is 0.465 e. The first-order valence-corrected chi connectivity index (χ1v) is 11.4. The van der Waals surface area contributed by atoms with Crippen LogP contribution in [-0.2, 0) is 15.9 Å². The van der Waals surface area contributed by atoms with Crippen molar-refractivity contribution in [2.24, 2.45) is 0 Å². The lowest BCUT2D eigenvalue weighted by atomic mass is 10.00. The summed E-state index contributed by atoms with van der Waals surface area (Å²) in [5.41, 5.74) is 4.15. The Balaban J connectivity index is 1.39. The lowest BCUT2D eigenvalue weighted by Crippen LogP contribution is -2.41. The lowest BCUT2D eigenvalue weighted by Gasteiger charge is -2.35. The van der Waals surface area contributed by atoms with E-state index in [0.29, 0.717) is 5.56 Å². The summed E-state index contributed by atoms with van der Waals surface area (Å²) in [7, 11) is 1.42. The molecule has 1 atom stereocenters. The molecule has 1 aliphatic heterocycles. The molecule has 1 fully saturated rings. The number of benzene rings is 3. The van der Waals surface area contributed by atoms with Gasteiger partial charge in [-0.25, -0.2) is 4.79 Å². The van der Waals surface area contributed by atoms with Gasteiger partial charge in [0.1, 0.15) is 6.10 Å². The number of piperidine rings is 1. The van der Waals surface area contributed by atoms with Crippen LogP contribution in [0, 0.1) is 0 Å². The fourth-order valence-electron chi connectivity index (χ4n) is 4.38. The molecule has 0 amide bonds. The highest BCUT2D eigenvalue weighted by atomic mass is 16.5. The summed E-state index contributed by atoms with van der Waals surface area (Å²) < 4.78 is 11.6. The van der Waals surface area contributed by atoms with Gasteiger partial charge in [0.2, 0.25) is 0 Å². The van der Waals surface area contributed by atoms with Crippen molar-refractivity contribution >= 4 is 5.97 Å². The van der Waals surface area contributed by atoms with Crippen LogP contribution in [0.25, 0.3) is 0 Å². The second-order valence-corrected chi connectivity index (χ2v) is 8.34. The highest BCUT2D eigenvalue weighted by Gasteiger charge is 2.25. The Morgan fingerprint density at radius 3 is 2.31 bits per heavy atom. The third-order valence-electron chi connectivity index (χ3n) is 6.06. The molecule has 0 N–H and O–H groups in total. The Morgan fingerprint density at radius 1 is 0.969 bits per heavy atom. The topological polar surface area (TPSA) is 38.8 Å². The van der Waals surface area contributed by atoms with E-state index in [4.69, 9.17) is 9.47 Å². The minimum absolute atomic E-state index is 0.0564. The number of hydrogen-bond acceptors (Lipinski definition) is 4. The van der Waals surface area contributed by atoms with Gasteiger partial charge in [0.15, 0.2) is 0 Å². The molecule has 0 spiro atoms. The van der Waals surface area contributed by atoms with Crippen LogP contribution in [0.2, 0.25) is 0 Å². The molecule has 0 unspecified atom stereocenters. The van der Waals surface area contributed by atoms with E-state index in [1.165, 1.54) is 18.2 Å². The summed E-state index contributed by atoms with van der Waals surface area (Å²) in [4.78, 5) is 14.3. The number of likely N-dealkylation sites (tertiary alicyclic amines) is 1. The van der Waals surface area contributed by atoms with Gasteiger partial charge in [0, 0.05) is 13.1 Å². The molecule has 0 aromatic heterocycles. The summed E-state index contributed by atoms with van der Waals surface area (Å²) in [5, 5.41) is 0. The molecular weight excluding hydrogens is 398 g/mol. The van der Waals surface area contributed by atoms with E-state index in [-0.39, 0.29) is 18.2 Å². The van der Waals surface area contributed by atoms with Crippen LogP contribution in [0.4, 0.5) is 0 Å². The number of nitrogens with zero attached hydrogens (tertiary/aromatic N) is 1. The Bertz CT molecular complexity index is 950. The Labute approximate surface area is 190 Å². The standard InChI is InChI=1S/C28H31NO3/c1-31-28(30)25-15-8-10-22(20-25)17-19-29-18-9-16-26(21-29)32-27(23-11-4-2-5-12-23)24-13-6-3-7-14-24/h2-8,10-15,20,26-27H,9,16-19,21H2,1H3/t26-/m1/s1. The van der Waals surface area contributed by atoms with Crippen LogP contribution >= 0.6 is 0 Å². The third kappa shape index (κ3) is 5.84. The van der Waals surface area contributed by atoms with Crippen LogP contribution in [0.15, 0.2) is 84.9 Å². The highest BCUT2D eigenvalue weighted by Crippen LogP contribution is 2.29. The van der Waals surface area contributed by atoms with E-state index in [1.807, 2.05) is 24.3 Å². The van der Waals surface area contributed by atoms with Crippen molar-refractivity contribution < 1.29 is 14.3 Å². The molecule has 1 saturated heterocycles. The molecule has 3 aromatic rings. The zero-order valence-electron chi connectivity index (χ0n) is 18.7. The fourth-order valence-corrected chi connectivity index (χ4v) is 4.38. The quantitative estimate of drug-likeness (QED) is 0.456. The van der Waals surface area contributed by atoms with Gasteiger partial charge >= 0.3 is 5.97 Å². The predicted octanol–water partition coefficient (Wildman–Crippen LogP) is 5.29. The molecule has 1 heterocycles. The smallest absolute Gasteiger partial charge is 0.337 e. The molecule has 4 nitrogen and oxygen atoms in total. The van der Waals surface area contributed by atoms with Crippen LogP contribution < -0.4 is 0 Å². The molecule has 4 rings (SSSR count). The van der Waals surface area contributed by atoms with E-state index in [0.717, 1.165) is 44.5 Å². The molecule has 1 aliphatic rings. The molecule has 0 saturated carbocycles. The predicted molar refractivity (Wildman–Crippen MR) is 127 cm³/mol. The average Bonchev–Trinajstić information content (AvgIpc) is 2.87. The molecule has 0 bridgehead atoms. The van der Waals surface area contributed by atoms with Gasteiger partial charge in [-0.15, -0.1) is 0 Å². The van der Waals surface area contributed by atoms with E-state index < -0.39 is 0 Å². The molecule has 166 valence electrons. The van der Waals surface area contributed by atoms with Crippen molar-refractivity contribution in [2.75, 3.05) is 26.7 Å². The van der Waals surface area contributed by atoms with Gasteiger partial charge in [-0.05, 0) is 54.6 Å². The number of rotatable bonds is 8. The molecule has 0 radical (unpaired) electrons. The summed E-state index contributed by atoms with van der Waals surface area (Å²) in [6, 6.07) is 28.7. The normalized spacial score (nSPS) is 16.8. The van der Waals surface area contributed by atoms with Crippen LogP contribution in [0.5, 0.6) is 0 Å². The molecule has 4 heteroatoms. The Morgan fingerprint density at radius 2 is 1.66 bits per heavy atom. The number of methoxy groups -OCH3 is 1. The van der Waals surface area contributed by atoms with Crippen LogP contribution in [0.1, 0.15) is 46.0 Å². The van der Waals surface area contributed by atoms with Crippen molar-refractivity contribution in [2.45, 2.75) is 31.5 Å². The average molecular weight is 430 g/mol. The van der Waals surface area contributed by atoms with Gasteiger partial charge in [0.25, 0.3) is 0 Å². The second kappa shape index (κ2) is 11.1.